The maximum atomic E-state index is 12.2. The Morgan fingerprint density at radius 1 is 0.962 bits per heavy atom. The van der Waals surface area contributed by atoms with Gasteiger partial charge in [-0.2, -0.15) is 11.8 Å². The molecule has 0 aliphatic rings. The highest BCUT2D eigenvalue weighted by atomic mass is 32.2. The van der Waals surface area contributed by atoms with Crippen LogP contribution in [-0.2, 0) is 19.2 Å². The number of aliphatic hydroxyl groups is 2. The highest BCUT2D eigenvalue weighted by molar-refractivity contribution is 7.98. The highest BCUT2D eigenvalue weighted by Gasteiger charge is 2.28. The Hall–Kier alpha value is -1.89. The first kappa shape index (κ1) is 24.1. The Morgan fingerprint density at radius 2 is 1.54 bits per heavy atom. The summed E-state index contributed by atoms with van der Waals surface area (Å²) in [6, 6.07) is -4.75. The molecule has 0 saturated heterocycles. The van der Waals surface area contributed by atoms with Crippen molar-refractivity contribution in [3.63, 3.8) is 0 Å². The summed E-state index contributed by atoms with van der Waals surface area (Å²) in [7, 11) is 0. The first-order valence-electron chi connectivity index (χ1n) is 7.78. The lowest BCUT2D eigenvalue weighted by molar-refractivity contribution is -0.143. The van der Waals surface area contributed by atoms with Crippen molar-refractivity contribution in [1.82, 2.24) is 16.0 Å². The molecule has 0 rings (SSSR count). The number of aliphatic hydroxyl groups excluding tert-OH is 2. The van der Waals surface area contributed by atoms with Crippen LogP contribution in [0.3, 0.4) is 0 Å². The zero-order valence-corrected chi connectivity index (χ0v) is 15.4. The average molecular weight is 394 g/mol. The molecular formula is C14H26N4O7S. The van der Waals surface area contributed by atoms with E-state index >= 15 is 0 Å². The lowest BCUT2D eigenvalue weighted by atomic mass is 10.1. The van der Waals surface area contributed by atoms with E-state index in [-0.39, 0.29) is 6.42 Å². The van der Waals surface area contributed by atoms with Crippen LogP contribution in [0, 0.1) is 0 Å². The zero-order chi connectivity index (χ0) is 20.3. The van der Waals surface area contributed by atoms with Gasteiger partial charge in [0.15, 0.2) is 0 Å². The van der Waals surface area contributed by atoms with Crippen LogP contribution < -0.4 is 21.7 Å². The predicted molar refractivity (Wildman–Crippen MR) is 94.2 cm³/mol. The number of carboxylic acid groups (broad SMARTS) is 1. The second-order valence-corrected chi connectivity index (χ2v) is 6.43. The quantitative estimate of drug-likeness (QED) is 0.177. The number of thioether (sulfide) groups is 1. The van der Waals surface area contributed by atoms with Crippen molar-refractivity contribution in [3.8, 4) is 0 Å². The van der Waals surface area contributed by atoms with E-state index in [1.807, 2.05) is 0 Å². The summed E-state index contributed by atoms with van der Waals surface area (Å²) >= 11 is 1.42. The van der Waals surface area contributed by atoms with Gasteiger partial charge in [0.25, 0.3) is 0 Å². The molecule has 0 radical (unpaired) electrons. The van der Waals surface area contributed by atoms with E-state index in [0.717, 1.165) is 0 Å². The van der Waals surface area contributed by atoms with E-state index in [9.17, 15) is 19.2 Å². The molecule has 0 spiro atoms. The van der Waals surface area contributed by atoms with Gasteiger partial charge in [-0.1, -0.05) is 0 Å². The zero-order valence-electron chi connectivity index (χ0n) is 14.6. The number of carboxylic acids is 1. The predicted octanol–water partition coefficient (Wildman–Crippen LogP) is -3.39. The van der Waals surface area contributed by atoms with Gasteiger partial charge in [-0.05, 0) is 25.4 Å². The summed E-state index contributed by atoms with van der Waals surface area (Å²) in [6.07, 6.45) is 2.01. The fourth-order valence-electron chi connectivity index (χ4n) is 1.73. The third kappa shape index (κ3) is 8.47. The molecule has 150 valence electrons. The monoisotopic (exact) mass is 394 g/mol. The Balaban J connectivity index is 4.91. The number of hydrogen-bond donors (Lipinski definition) is 7. The van der Waals surface area contributed by atoms with Gasteiger partial charge in [0, 0.05) is 0 Å². The Labute approximate surface area is 155 Å². The summed E-state index contributed by atoms with van der Waals surface area (Å²) < 4.78 is 0. The van der Waals surface area contributed by atoms with Crippen LogP contribution in [-0.4, -0.2) is 88.4 Å². The molecule has 0 heterocycles. The van der Waals surface area contributed by atoms with Gasteiger partial charge in [-0.15, -0.1) is 0 Å². The van der Waals surface area contributed by atoms with Crippen LogP contribution in [0.2, 0.25) is 0 Å². The van der Waals surface area contributed by atoms with Gasteiger partial charge in [-0.3, -0.25) is 14.4 Å². The fraction of sp³-hybridized carbons (Fsp3) is 0.714. The van der Waals surface area contributed by atoms with E-state index in [2.05, 4.69) is 16.0 Å². The molecule has 0 aromatic rings. The molecule has 4 atom stereocenters. The molecule has 0 fully saturated rings. The third-order valence-corrected chi connectivity index (χ3v) is 3.97. The molecule has 0 aromatic heterocycles. The van der Waals surface area contributed by atoms with Crippen LogP contribution in [0.5, 0.6) is 0 Å². The maximum absolute atomic E-state index is 12.2. The van der Waals surface area contributed by atoms with Gasteiger partial charge in [0.05, 0.1) is 13.2 Å². The maximum Gasteiger partial charge on any atom is 0.328 e. The minimum atomic E-state index is -1.49. The molecule has 3 amide bonds. The minimum absolute atomic E-state index is 0.216. The molecule has 11 nitrogen and oxygen atoms in total. The van der Waals surface area contributed by atoms with Gasteiger partial charge in [-0.25, -0.2) is 4.79 Å². The van der Waals surface area contributed by atoms with Crippen molar-refractivity contribution >= 4 is 35.5 Å². The Bertz CT molecular complexity index is 506. The van der Waals surface area contributed by atoms with Crippen LogP contribution >= 0.6 is 11.8 Å². The van der Waals surface area contributed by atoms with Gasteiger partial charge in [0.1, 0.15) is 24.2 Å². The third-order valence-electron chi connectivity index (χ3n) is 3.33. The van der Waals surface area contributed by atoms with Crippen molar-refractivity contribution in [1.29, 1.82) is 0 Å². The first-order valence-corrected chi connectivity index (χ1v) is 9.17. The highest BCUT2D eigenvalue weighted by Crippen LogP contribution is 2.03. The largest absolute Gasteiger partial charge is 0.480 e. The van der Waals surface area contributed by atoms with E-state index in [1.54, 1.807) is 6.26 Å². The van der Waals surface area contributed by atoms with Crippen LogP contribution in [0.4, 0.5) is 0 Å². The topological polar surface area (TPSA) is 191 Å². The van der Waals surface area contributed by atoms with Gasteiger partial charge in [0.2, 0.25) is 17.7 Å². The Morgan fingerprint density at radius 3 is 2.00 bits per heavy atom. The van der Waals surface area contributed by atoms with Crippen molar-refractivity contribution in [2.24, 2.45) is 5.73 Å². The number of rotatable bonds is 12. The molecule has 4 unspecified atom stereocenters. The van der Waals surface area contributed by atoms with Crippen molar-refractivity contribution in [2.45, 2.75) is 37.5 Å². The van der Waals surface area contributed by atoms with E-state index in [0.29, 0.717) is 5.75 Å². The Kier molecular flexibility index (Phi) is 11.6. The summed E-state index contributed by atoms with van der Waals surface area (Å²) in [5.41, 5.74) is 5.34. The standard InChI is InChI=1S/C14H26N4O7S/c1-7(16-12(22)8(15)5-19)11(21)17-9(3-4-26-2)13(23)18-10(6-20)14(24)25/h7-10,19-20H,3-6,15H2,1-2H3,(H,16,22)(H,17,21)(H,18,23)(H,24,25). The van der Waals surface area contributed by atoms with Gasteiger partial charge < -0.3 is 37.0 Å². The average Bonchev–Trinajstić information content (AvgIpc) is 2.61. The normalized spacial score (nSPS) is 15.3. The van der Waals surface area contributed by atoms with Crippen molar-refractivity contribution < 1.29 is 34.5 Å². The number of carbonyl (C=O) groups excluding carboxylic acids is 3. The number of carbonyl (C=O) groups is 4. The molecule has 8 N–H and O–H groups in total. The van der Waals surface area contributed by atoms with Crippen molar-refractivity contribution in [2.75, 3.05) is 25.2 Å². The molecule has 0 aliphatic heterocycles. The van der Waals surface area contributed by atoms with Crippen LogP contribution in [0.25, 0.3) is 0 Å². The van der Waals surface area contributed by atoms with E-state index in [4.69, 9.17) is 21.1 Å². The summed E-state index contributed by atoms with van der Waals surface area (Å²) in [6.45, 7) is -0.0128. The molecule has 0 aliphatic carbocycles. The van der Waals surface area contributed by atoms with Crippen LogP contribution in [0.15, 0.2) is 0 Å². The molecule has 26 heavy (non-hydrogen) atoms. The first-order chi connectivity index (χ1) is 12.2. The number of hydrogen-bond acceptors (Lipinski definition) is 8. The lowest BCUT2D eigenvalue weighted by Crippen LogP contribution is -2.57. The molecule has 0 aromatic carbocycles. The summed E-state index contributed by atoms with van der Waals surface area (Å²) in [5, 5.41) is 33.5. The van der Waals surface area contributed by atoms with E-state index in [1.165, 1.54) is 18.7 Å². The lowest BCUT2D eigenvalue weighted by Gasteiger charge is -2.23. The fourth-order valence-corrected chi connectivity index (χ4v) is 2.20. The number of nitrogens with two attached hydrogens (primary N) is 1. The molecule has 0 saturated carbocycles. The second kappa shape index (κ2) is 12.5. The van der Waals surface area contributed by atoms with Crippen LogP contribution in [0.1, 0.15) is 13.3 Å². The number of amides is 3. The number of aliphatic carboxylic acids is 1. The molecule has 0 bridgehead atoms. The number of nitrogens with one attached hydrogen (secondary N) is 3. The second-order valence-electron chi connectivity index (χ2n) is 5.44. The van der Waals surface area contributed by atoms with Crippen molar-refractivity contribution in [3.05, 3.63) is 0 Å². The van der Waals surface area contributed by atoms with Gasteiger partial charge >= 0.3 is 5.97 Å². The molecule has 12 heteroatoms. The SMILES string of the molecule is CSCCC(NC(=O)C(C)NC(=O)C(N)CO)C(=O)NC(CO)C(=O)O. The summed E-state index contributed by atoms with van der Waals surface area (Å²) in [4.78, 5) is 46.9. The van der Waals surface area contributed by atoms with E-state index < -0.39 is 61.1 Å². The molecular weight excluding hydrogens is 368 g/mol. The summed E-state index contributed by atoms with van der Waals surface area (Å²) in [5.74, 6) is -3.08. The minimum Gasteiger partial charge on any atom is -0.480 e. The smallest absolute Gasteiger partial charge is 0.328 e.